The van der Waals surface area contributed by atoms with Gasteiger partial charge in [-0.25, -0.2) is 0 Å². The van der Waals surface area contributed by atoms with Crippen LogP contribution in [0.15, 0.2) is 17.1 Å². The third-order valence-electron chi connectivity index (χ3n) is 3.20. The number of nitrogens with zero attached hydrogens (tertiary/aromatic N) is 1. The highest BCUT2D eigenvalue weighted by molar-refractivity contribution is 14.0. The molecule has 2 N–H and O–H groups in total. The van der Waals surface area contributed by atoms with Crippen LogP contribution >= 0.6 is 24.0 Å². The SMILES string of the molecule is CCNC(=NCCC1CC1)NC1CC=CC1.I. The zero-order valence-corrected chi connectivity index (χ0v) is 12.9. The first kappa shape index (κ1) is 14.8. The predicted molar refractivity (Wildman–Crippen MR) is 84.0 cm³/mol. The molecule has 0 heterocycles. The Kier molecular flexibility index (Phi) is 6.92. The van der Waals surface area contributed by atoms with Gasteiger partial charge in [-0.05, 0) is 32.1 Å². The van der Waals surface area contributed by atoms with Crippen molar-refractivity contribution >= 4 is 29.9 Å². The van der Waals surface area contributed by atoms with Gasteiger partial charge in [0.1, 0.15) is 0 Å². The van der Waals surface area contributed by atoms with Crippen LogP contribution in [-0.4, -0.2) is 25.1 Å². The average Bonchev–Trinajstić information content (AvgIpc) is 2.95. The standard InChI is InChI=1S/C13H23N3.HI/c1-2-14-13(15-10-9-11-7-8-11)16-12-5-3-4-6-12;/h3-4,11-12H,2,5-10H2,1H3,(H2,14,15,16);1H. The fourth-order valence-electron chi connectivity index (χ4n) is 2.01. The molecule has 17 heavy (non-hydrogen) atoms. The molecule has 1 fully saturated rings. The van der Waals surface area contributed by atoms with Gasteiger partial charge in [-0.2, -0.15) is 0 Å². The van der Waals surface area contributed by atoms with Gasteiger partial charge in [0, 0.05) is 19.1 Å². The molecule has 1 saturated carbocycles. The molecule has 0 saturated heterocycles. The van der Waals surface area contributed by atoms with Gasteiger partial charge in [0.25, 0.3) is 0 Å². The largest absolute Gasteiger partial charge is 0.357 e. The minimum atomic E-state index is 0. The van der Waals surface area contributed by atoms with Gasteiger partial charge in [0.15, 0.2) is 5.96 Å². The Bertz CT molecular complexity index is 264. The monoisotopic (exact) mass is 349 g/mol. The second-order valence-corrected chi connectivity index (χ2v) is 4.78. The molecule has 3 nitrogen and oxygen atoms in total. The Morgan fingerprint density at radius 2 is 2.00 bits per heavy atom. The Balaban J connectivity index is 0.00000144. The molecule has 0 aliphatic heterocycles. The highest BCUT2D eigenvalue weighted by Gasteiger charge is 2.20. The molecular formula is C13H24IN3. The number of hydrogen-bond donors (Lipinski definition) is 2. The molecule has 0 aromatic carbocycles. The van der Waals surface area contributed by atoms with Crippen LogP contribution < -0.4 is 10.6 Å². The Hall–Kier alpha value is -0.260. The first-order valence-electron chi connectivity index (χ1n) is 6.58. The highest BCUT2D eigenvalue weighted by Crippen LogP contribution is 2.32. The minimum absolute atomic E-state index is 0. The highest BCUT2D eigenvalue weighted by atomic mass is 127. The predicted octanol–water partition coefficient (Wildman–Crippen LogP) is 2.68. The quantitative estimate of drug-likeness (QED) is 0.347. The van der Waals surface area contributed by atoms with Gasteiger partial charge in [0.05, 0.1) is 0 Å². The van der Waals surface area contributed by atoms with Crippen LogP contribution in [0.3, 0.4) is 0 Å². The van der Waals surface area contributed by atoms with E-state index in [4.69, 9.17) is 0 Å². The molecule has 4 heteroatoms. The van der Waals surface area contributed by atoms with Crippen molar-refractivity contribution in [3.63, 3.8) is 0 Å². The van der Waals surface area contributed by atoms with Crippen molar-refractivity contribution in [1.29, 1.82) is 0 Å². The fourth-order valence-corrected chi connectivity index (χ4v) is 2.01. The number of aliphatic imine (C=N–C) groups is 1. The van der Waals surface area contributed by atoms with Gasteiger partial charge >= 0.3 is 0 Å². The summed E-state index contributed by atoms with van der Waals surface area (Å²) in [5.41, 5.74) is 0. The lowest BCUT2D eigenvalue weighted by atomic mass is 10.2. The van der Waals surface area contributed by atoms with Crippen LogP contribution in [0.4, 0.5) is 0 Å². The summed E-state index contributed by atoms with van der Waals surface area (Å²) in [7, 11) is 0. The summed E-state index contributed by atoms with van der Waals surface area (Å²) in [6, 6.07) is 0.554. The van der Waals surface area contributed by atoms with E-state index in [1.165, 1.54) is 19.3 Å². The van der Waals surface area contributed by atoms with E-state index in [0.717, 1.165) is 37.8 Å². The van der Waals surface area contributed by atoms with Crippen molar-refractivity contribution in [3.05, 3.63) is 12.2 Å². The third kappa shape index (κ3) is 5.75. The van der Waals surface area contributed by atoms with Crippen molar-refractivity contribution in [2.75, 3.05) is 13.1 Å². The zero-order chi connectivity index (χ0) is 11.2. The topological polar surface area (TPSA) is 36.4 Å². The minimum Gasteiger partial charge on any atom is -0.357 e. The lowest BCUT2D eigenvalue weighted by Crippen LogP contribution is -2.42. The van der Waals surface area contributed by atoms with E-state index in [2.05, 4.69) is 34.7 Å². The molecule has 0 aromatic rings. The van der Waals surface area contributed by atoms with Crippen LogP contribution in [-0.2, 0) is 0 Å². The molecule has 0 aromatic heterocycles. The van der Waals surface area contributed by atoms with Gasteiger partial charge in [0.2, 0.25) is 0 Å². The van der Waals surface area contributed by atoms with Crippen LogP contribution in [0, 0.1) is 5.92 Å². The maximum absolute atomic E-state index is 4.62. The van der Waals surface area contributed by atoms with Gasteiger partial charge in [-0.15, -0.1) is 24.0 Å². The molecule has 2 aliphatic carbocycles. The fraction of sp³-hybridized carbons (Fsp3) is 0.769. The van der Waals surface area contributed by atoms with E-state index < -0.39 is 0 Å². The van der Waals surface area contributed by atoms with Crippen molar-refractivity contribution in [2.24, 2.45) is 10.9 Å². The summed E-state index contributed by atoms with van der Waals surface area (Å²) in [5, 5.41) is 6.80. The lowest BCUT2D eigenvalue weighted by molar-refractivity contribution is 0.630. The number of hydrogen-bond acceptors (Lipinski definition) is 1. The second-order valence-electron chi connectivity index (χ2n) is 4.78. The van der Waals surface area contributed by atoms with Gasteiger partial charge < -0.3 is 10.6 Å². The normalized spacial score (nSPS) is 20.2. The van der Waals surface area contributed by atoms with Crippen LogP contribution in [0.1, 0.15) is 39.0 Å². The molecule has 0 bridgehead atoms. The maximum Gasteiger partial charge on any atom is 0.191 e. The van der Waals surface area contributed by atoms with Crippen molar-refractivity contribution in [1.82, 2.24) is 10.6 Å². The van der Waals surface area contributed by atoms with E-state index in [0.29, 0.717) is 6.04 Å². The molecule has 0 atom stereocenters. The van der Waals surface area contributed by atoms with Gasteiger partial charge in [-0.3, -0.25) is 4.99 Å². The molecule has 2 aliphatic rings. The van der Waals surface area contributed by atoms with Crippen LogP contribution in [0.25, 0.3) is 0 Å². The first-order chi connectivity index (χ1) is 7.88. The smallest absolute Gasteiger partial charge is 0.191 e. The molecular weight excluding hydrogens is 325 g/mol. The van der Waals surface area contributed by atoms with Gasteiger partial charge in [-0.1, -0.05) is 25.0 Å². The molecule has 98 valence electrons. The molecule has 2 rings (SSSR count). The van der Waals surface area contributed by atoms with E-state index >= 15 is 0 Å². The lowest BCUT2D eigenvalue weighted by Gasteiger charge is -2.16. The van der Waals surface area contributed by atoms with Crippen molar-refractivity contribution in [3.8, 4) is 0 Å². The number of guanidine groups is 1. The van der Waals surface area contributed by atoms with Crippen LogP contribution in [0.2, 0.25) is 0 Å². The van der Waals surface area contributed by atoms with E-state index in [9.17, 15) is 0 Å². The van der Waals surface area contributed by atoms with Crippen LogP contribution in [0.5, 0.6) is 0 Å². The maximum atomic E-state index is 4.62. The third-order valence-corrected chi connectivity index (χ3v) is 3.20. The number of rotatable bonds is 5. The molecule has 0 amide bonds. The van der Waals surface area contributed by atoms with Crippen molar-refractivity contribution < 1.29 is 0 Å². The summed E-state index contributed by atoms with van der Waals surface area (Å²) < 4.78 is 0. The summed E-state index contributed by atoms with van der Waals surface area (Å²) in [4.78, 5) is 4.62. The van der Waals surface area contributed by atoms with E-state index in [1.54, 1.807) is 0 Å². The summed E-state index contributed by atoms with van der Waals surface area (Å²) in [6.07, 6.45) is 10.9. The van der Waals surface area contributed by atoms with E-state index in [-0.39, 0.29) is 24.0 Å². The molecule has 0 unspecified atom stereocenters. The van der Waals surface area contributed by atoms with E-state index in [1.807, 2.05) is 0 Å². The number of nitrogens with one attached hydrogen (secondary N) is 2. The average molecular weight is 349 g/mol. The van der Waals surface area contributed by atoms with Crippen molar-refractivity contribution in [2.45, 2.75) is 45.1 Å². The second kappa shape index (κ2) is 7.95. The Labute approximate surface area is 122 Å². The first-order valence-corrected chi connectivity index (χ1v) is 6.58. The summed E-state index contributed by atoms with van der Waals surface area (Å²) >= 11 is 0. The Morgan fingerprint density at radius 3 is 2.59 bits per heavy atom. The summed E-state index contributed by atoms with van der Waals surface area (Å²) in [6.45, 7) is 4.03. The summed E-state index contributed by atoms with van der Waals surface area (Å²) in [5.74, 6) is 1.97. The molecule has 0 spiro atoms. The Morgan fingerprint density at radius 1 is 1.29 bits per heavy atom. The zero-order valence-electron chi connectivity index (χ0n) is 10.6. The molecule has 0 radical (unpaired) electrons. The number of halogens is 1.